The van der Waals surface area contributed by atoms with Gasteiger partial charge in [0.15, 0.2) is 0 Å². The van der Waals surface area contributed by atoms with Gasteiger partial charge in [-0.2, -0.15) is 0 Å². The van der Waals surface area contributed by atoms with Crippen LogP contribution in [0.4, 0.5) is 17.1 Å². The minimum Gasteiger partial charge on any atom is -0.455 e. The summed E-state index contributed by atoms with van der Waals surface area (Å²) in [6.07, 6.45) is 0. The maximum atomic E-state index is 9.86. The molecular formula is C46H29NOS. The summed E-state index contributed by atoms with van der Waals surface area (Å²) in [6, 6.07) is -11.8. The SMILES string of the molecule is [2H]c1c([2H])c([2H])c(N(c2c([2H])c([2H])c(-c3c([2H])c([2H])c([2H])c4sc5c([2H])c([2H])c([2H])c([2H])c5c34)c([2H])c2[2H])c2c([2H])c([2H])c([2H])c3oc4c5c([2H])c([2H])c([2H])c([2H])c5c([2H])c([2H])c4c23)c(-c2ccccc2)c1[2H]. The Morgan fingerprint density at radius 1 is 0.490 bits per heavy atom. The summed E-state index contributed by atoms with van der Waals surface area (Å²) in [7, 11) is 0. The van der Waals surface area contributed by atoms with Crippen LogP contribution in [0, 0.1) is 0 Å². The predicted molar refractivity (Wildman–Crippen MR) is 210 cm³/mol. The lowest BCUT2D eigenvalue weighted by Crippen LogP contribution is -2.11. The van der Waals surface area contributed by atoms with Crippen molar-refractivity contribution in [2.45, 2.75) is 0 Å². The first-order valence-electron chi connectivity index (χ1n) is 26.6. The molecule has 49 heavy (non-hydrogen) atoms. The second-order valence-electron chi connectivity index (χ2n) is 10.6. The smallest absolute Gasteiger partial charge is 0.143 e. The van der Waals surface area contributed by atoms with Gasteiger partial charge >= 0.3 is 0 Å². The van der Waals surface area contributed by atoms with Crippen LogP contribution >= 0.6 is 11.3 Å². The van der Waals surface area contributed by atoms with E-state index in [0.29, 0.717) is 11.3 Å². The van der Waals surface area contributed by atoms with Crippen LogP contribution in [-0.4, -0.2) is 0 Å². The Balaban J connectivity index is 1.46. The lowest BCUT2D eigenvalue weighted by molar-refractivity contribution is 0.672. The summed E-state index contributed by atoms with van der Waals surface area (Å²) in [5.41, 5.74) is -5.00. The molecule has 2 heterocycles. The summed E-state index contributed by atoms with van der Waals surface area (Å²) in [4.78, 5) is 0.728. The third kappa shape index (κ3) is 4.47. The van der Waals surface area contributed by atoms with Crippen molar-refractivity contribution in [1.29, 1.82) is 0 Å². The molecule has 10 rings (SSSR count). The van der Waals surface area contributed by atoms with Gasteiger partial charge in [0.05, 0.1) is 49.7 Å². The molecule has 0 aliphatic heterocycles. The lowest BCUT2D eigenvalue weighted by atomic mass is 9.98. The van der Waals surface area contributed by atoms with E-state index in [4.69, 9.17) is 25.0 Å². The standard InChI is InChI=1S/C46H29NOS/c1-2-12-30(13-3-1)34-15-6-8-19-39(34)47(40-20-11-21-41-45(40)38-29-26-31-14-4-5-16-36(31)46(38)48-41)33-27-24-32(25-28-33)35-18-10-23-43-44(35)37-17-7-9-22-42(37)49-43/h1-29H/i4D,5D,6D,7D,8D,9D,10D,11D,14D,15D,16D,17D,18D,19D,20D,21D,22D,23D,24D,25D,26D,27D,28D,29D. The van der Waals surface area contributed by atoms with Crippen LogP contribution in [0.2, 0.25) is 0 Å². The first-order chi connectivity index (χ1) is 34.3. The molecule has 0 fully saturated rings. The van der Waals surface area contributed by atoms with Crippen LogP contribution in [0.25, 0.3) is 75.1 Å². The molecule has 2 aromatic heterocycles. The number of hydrogen-bond donors (Lipinski definition) is 0. The molecule has 2 nitrogen and oxygen atoms in total. The van der Waals surface area contributed by atoms with Crippen LogP contribution in [0.5, 0.6) is 0 Å². The van der Waals surface area contributed by atoms with E-state index in [1.54, 1.807) is 6.07 Å². The second kappa shape index (κ2) is 11.2. The van der Waals surface area contributed by atoms with Crippen LogP contribution in [0.3, 0.4) is 0 Å². The quantitative estimate of drug-likeness (QED) is 0.182. The minimum atomic E-state index is -1.06. The van der Waals surface area contributed by atoms with Gasteiger partial charge in [0.1, 0.15) is 11.2 Å². The van der Waals surface area contributed by atoms with Crippen molar-refractivity contribution >= 4 is 81.3 Å². The highest BCUT2D eigenvalue weighted by atomic mass is 32.1. The van der Waals surface area contributed by atoms with Gasteiger partial charge in [-0.05, 0) is 70.4 Å². The Labute approximate surface area is 321 Å². The maximum absolute atomic E-state index is 9.86. The van der Waals surface area contributed by atoms with E-state index in [1.165, 1.54) is 24.3 Å². The lowest BCUT2D eigenvalue weighted by Gasteiger charge is -2.28. The topological polar surface area (TPSA) is 16.4 Å². The summed E-state index contributed by atoms with van der Waals surface area (Å²) in [6.45, 7) is 0. The number of fused-ring (bicyclic) bond motifs is 8. The molecule has 0 aliphatic rings. The van der Waals surface area contributed by atoms with E-state index < -0.39 is 206 Å². The second-order valence-corrected chi connectivity index (χ2v) is 11.7. The molecule has 0 bridgehead atoms. The van der Waals surface area contributed by atoms with E-state index >= 15 is 0 Å². The molecule has 0 saturated carbocycles. The van der Waals surface area contributed by atoms with E-state index in [2.05, 4.69) is 0 Å². The number of furan rings is 1. The number of para-hydroxylation sites is 1. The maximum Gasteiger partial charge on any atom is 0.143 e. The molecule has 0 spiro atoms. The summed E-state index contributed by atoms with van der Waals surface area (Å²) in [5.74, 6) is 0. The van der Waals surface area contributed by atoms with E-state index in [9.17, 15) is 12.3 Å². The molecule has 0 radical (unpaired) electrons. The van der Waals surface area contributed by atoms with Gasteiger partial charge < -0.3 is 9.32 Å². The van der Waals surface area contributed by atoms with Crippen LogP contribution in [0.1, 0.15) is 32.9 Å². The summed E-state index contributed by atoms with van der Waals surface area (Å²) < 4.78 is 224. The zero-order chi connectivity index (χ0) is 53.2. The first kappa shape index (κ1) is 13.0. The molecule has 0 amide bonds. The Morgan fingerprint density at radius 2 is 1.20 bits per heavy atom. The van der Waals surface area contributed by atoms with Gasteiger partial charge in [0.2, 0.25) is 0 Å². The highest BCUT2D eigenvalue weighted by Crippen LogP contribution is 2.47. The Morgan fingerprint density at radius 3 is 2.10 bits per heavy atom. The number of hydrogen-bond acceptors (Lipinski definition) is 3. The van der Waals surface area contributed by atoms with Crippen molar-refractivity contribution in [3.63, 3.8) is 0 Å². The van der Waals surface area contributed by atoms with Gasteiger partial charge in [0.25, 0.3) is 0 Å². The fourth-order valence-electron chi connectivity index (χ4n) is 5.83. The number of nitrogens with zero attached hydrogens (tertiary/aromatic N) is 1. The zero-order valence-corrected chi connectivity index (χ0v) is 25.5. The fourth-order valence-corrected chi connectivity index (χ4v) is 6.80. The number of rotatable bonds is 5. The molecule has 0 saturated heterocycles. The van der Waals surface area contributed by atoms with Crippen molar-refractivity contribution in [1.82, 2.24) is 0 Å². The molecule has 0 atom stereocenters. The third-order valence-electron chi connectivity index (χ3n) is 7.94. The number of thiophene rings is 1. The zero-order valence-electron chi connectivity index (χ0n) is 48.7. The molecule has 10 aromatic rings. The average molecular weight is 668 g/mol. The van der Waals surface area contributed by atoms with Crippen LogP contribution in [0.15, 0.2) is 180 Å². The average Bonchev–Trinajstić information content (AvgIpc) is 3.97. The monoisotopic (exact) mass is 667 g/mol. The minimum absolute atomic E-state index is 0.0784. The fraction of sp³-hybridized carbons (Fsp3) is 0. The highest BCUT2D eigenvalue weighted by Gasteiger charge is 2.22. The molecule has 0 unspecified atom stereocenters. The van der Waals surface area contributed by atoms with Crippen LogP contribution < -0.4 is 4.90 Å². The normalized spacial score (nSPS) is 18.5. The Bertz CT molecular complexity index is 4180. The van der Waals surface area contributed by atoms with E-state index in [0.717, 1.165) is 4.90 Å². The molecule has 8 aromatic carbocycles. The van der Waals surface area contributed by atoms with Gasteiger partial charge in [-0.1, -0.05) is 127 Å². The van der Waals surface area contributed by atoms with E-state index in [-0.39, 0.29) is 31.3 Å². The van der Waals surface area contributed by atoms with Crippen LogP contribution in [-0.2, 0) is 0 Å². The van der Waals surface area contributed by atoms with Crippen molar-refractivity contribution in [2.24, 2.45) is 0 Å². The Hall–Kier alpha value is -6.16. The van der Waals surface area contributed by atoms with Gasteiger partial charge in [0, 0.05) is 42.2 Å². The van der Waals surface area contributed by atoms with Gasteiger partial charge in [-0.25, -0.2) is 0 Å². The highest BCUT2D eigenvalue weighted by molar-refractivity contribution is 7.25. The van der Waals surface area contributed by atoms with Crippen molar-refractivity contribution in [2.75, 3.05) is 4.90 Å². The van der Waals surface area contributed by atoms with Crippen molar-refractivity contribution < 1.29 is 37.3 Å². The third-order valence-corrected chi connectivity index (χ3v) is 8.96. The molecule has 230 valence electrons. The van der Waals surface area contributed by atoms with E-state index in [1.807, 2.05) is 0 Å². The van der Waals surface area contributed by atoms with Gasteiger partial charge in [-0.3, -0.25) is 0 Å². The van der Waals surface area contributed by atoms with Crippen molar-refractivity contribution in [3.05, 3.63) is 175 Å². The number of anilines is 3. The summed E-state index contributed by atoms with van der Waals surface area (Å²) >= 11 is 0.693. The number of benzene rings is 8. The largest absolute Gasteiger partial charge is 0.455 e. The molecule has 0 aliphatic carbocycles. The molecule has 3 heteroatoms. The predicted octanol–water partition coefficient (Wildman–Crippen LogP) is 13.9. The molecule has 0 N–H and O–H groups in total. The van der Waals surface area contributed by atoms with Gasteiger partial charge in [-0.15, -0.1) is 11.3 Å². The Kier molecular flexibility index (Phi) is 2.99. The van der Waals surface area contributed by atoms with Crippen molar-refractivity contribution in [3.8, 4) is 22.3 Å². The summed E-state index contributed by atoms with van der Waals surface area (Å²) in [5, 5.41) is -2.43. The first-order valence-corrected chi connectivity index (χ1v) is 15.5. The molecular weight excluding hydrogens is 615 g/mol.